The Balaban J connectivity index is 1.30. The van der Waals surface area contributed by atoms with Crippen molar-refractivity contribution in [2.45, 2.75) is 22.8 Å². The van der Waals surface area contributed by atoms with Gasteiger partial charge in [-0.25, -0.2) is 13.4 Å². The lowest BCUT2D eigenvalue weighted by Crippen LogP contribution is -2.22. The zero-order valence-corrected chi connectivity index (χ0v) is 20.8. The molecule has 10 heteroatoms. The number of hydrogen-bond acceptors (Lipinski definition) is 7. The smallest absolute Gasteiger partial charge is 0.257 e. The average Bonchev–Trinajstić information content (AvgIpc) is 3.31. The number of carbonyl (C=O) groups is 2. The summed E-state index contributed by atoms with van der Waals surface area (Å²) in [6.07, 6.45) is 2.37. The molecular formula is C26H21N3O5S2. The minimum atomic E-state index is -3.93. The first kappa shape index (κ1) is 23.7. The highest BCUT2D eigenvalue weighted by molar-refractivity contribution is 7.91. The van der Waals surface area contributed by atoms with E-state index in [9.17, 15) is 18.0 Å². The second-order valence-corrected chi connectivity index (χ2v) is 11.2. The van der Waals surface area contributed by atoms with Crippen LogP contribution in [0.4, 0.5) is 5.69 Å². The normalized spacial score (nSPS) is 13.6. The minimum absolute atomic E-state index is 0.0537. The standard InChI is InChI=1S/C26H21N3O5S2/c1-34-18-6-4-5-16(11-18)12-24-27-14-19(35-24)15-28-25(30)17-9-10-23-21(13-17)29-26(31)20-7-2-3-8-22(20)36(23,32)33/h2-11,13-14H,12,15H2,1H3,(H,28,30)(H,29,31). The van der Waals surface area contributed by atoms with E-state index in [1.807, 2.05) is 24.3 Å². The van der Waals surface area contributed by atoms with Crippen molar-refractivity contribution in [2.24, 2.45) is 0 Å². The zero-order chi connectivity index (χ0) is 25.3. The molecule has 2 N–H and O–H groups in total. The Kier molecular flexibility index (Phi) is 6.29. The third-order valence-corrected chi connectivity index (χ3v) is 8.58. The Morgan fingerprint density at radius 1 is 1.06 bits per heavy atom. The third-order valence-electron chi connectivity index (χ3n) is 5.71. The average molecular weight is 520 g/mol. The highest BCUT2D eigenvalue weighted by atomic mass is 32.2. The molecule has 2 heterocycles. The fourth-order valence-corrected chi connectivity index (χ4v) is 6.43. The van der Waals surface area contributed by atoms with Crippen LogP contribution >= 0.6 is 11.3 Å². The molecule has 182 valence electrons. The lowest BCUT2D eigenvalue weighted by atomic mass is 10.1. The van der Waals surface area contributed by atoms with Crippen LogP contribution in [0, 0.1) is 0 Å². The first-order valence-electron chi connectivity index (χ1n) is 11.0. The van der Waals surface area contributed by atoms with Gasteiger partial charge in [-0.15, -0.1) is 11.3 Å². The Labute approximate surface area is 211 Å². The molecule has 3 aromatic carbocycles. The van der Waals surface area contributed by atoms with Gasteiger partial charge < -0.3 is 15.4 Å². The van der Waals surface area contributed by atoms with Crippen molar-refractivity contribution in [1.29, 1.82) is 0 Å². The topological polar surface area (TPSA) is 114 Å². The van der Waals surface area contributed by atoms with Crippen LogP contribution in [0.25, 0.3) is 0 Å². The fourth-order valence-electron chi connectivity index (χ4n) is 3.94. The molecule has 4 aromatic rings. The summed E-state index contributed by atoms with van der Waals surface area (Å²) < 4.78 is 31.5. The number of thiazole rings is 1. The van der Waals surface area contributed by atoms with Crippen LogP contribution < -0.4 is 15.4 Å². The SMILES string of the molecule is COc1cccc(Cc2ncc(CNC(=O)c3ccc4c(c3)NC(=O)c3ccccc3S4(=O)=O)s2)c1. The Bertz CT molecular complexity index is 1590. The minimum Gasteiger partial charge on any atom is -0.497 e. The predicted molar refractivity (Wildman–Crippen MR) is 135 cm³/mol. The van der Waals surface area contributed by atoms with Gasteiger partial charge in [-0.1, -0.05) is 24.3 Å². The van der Waals surface area contributed by atoms with E-state index >= 15 is 0 Å². The number of rotatable bonds is 6. The van der Waals surface area contributed by atoms with Gasteiger partial charge >= 0.3 is 0 Å². The van der Waals surface area contributed by atoms with E-state index in [0.717, 1.165) is 21.2 Å². The van der Waals surface area contributed by atoms with Gasteiger partial charge in [0.05, 0.1) is 39.7 Å². The zero-order valence-electron chi connectivity index (χ0n) is 19.1. The molecule has 1 aliphatic rings. The summed E-state index contributed by atoms with van der Waals surface area (Å²) in [4.78, 5) is 30.6. The molecule has 1 aliphatic heterocycles. The second-order valence-electron chi connectivity index (χ2n) is 8.10. The molecule has 8 nitrogen and oxygen atoms in total. The predicted octanol–water partition coefficient (Wildman–Crippen LogP) is 4.07. The monoisotopic (exact) mass is 519 g/mol. The van der Waals surface area contributed by atoms with Crippen LogP contribution in [0.3, 0.4) is 0 Å². The van der Waals surface area contributed by atoms with Gasteiger partial charge in [0.1, 0.15) is 5.75 Å². The van der Waals surface area contributed by atoms with Crippen LogP contribution in [0.5, 0.6) is 5.75 Å². The molecule has 2 amide bonds. The summed E-state index contributed by atoms with van der Waals surface area (Å²) in [5.74, 6) is -0.155. The first-order chi connectivity index (χ1) is 17.3. The number of sulfone groups is 1. The van der Waals surface area contributed by atoms with Crippen molar-refractivity contribution in [3.63, 3.8) is 0 Å². The fraction of sp³-hybridized carbons (Fsp3) is 0.115. The van der Waals surface area contributed by atoms with Crippen molar-refractivity contribution in [2.75, 3.05) is 12.4 Å². The van der Waals surface area contributed by atoms with Crippen LogP contribution in [-0.2, 0) is 22.8 Å². The van der Waals surface area contributed by atoms with E-state index in [-0.39, 0.29) is 33.2 Å². The van der Waals surface area contributed by atoms with E-state index in [4.69, 9.17) is 4.74 Å². The molecule has 0 saturated carbocycles. The quantitative estimate of drug-likeness (QED) is 0.397. The number of methoxy groups -OCH3 is 1. The largest absolute Gasteiger partial charge is 0.497 e. The number of nitrogens with zero attached hydrogens (tertiary/aromatic N) is 1. The highest BCUT2D eigenvalue weighted by Crippen LogP contribution is 2.34. The van der Waals surface area contributed by atoms with E-state index < -0.39 is 21.7 Å². The summed E-state index contributed by atoms with van der Waals surface area (Å²) in [6, 6.07) is 18.0. The van der Waals surface area contributed by atoms with Crippen molar-refractivity contribution in [3.8, 4) is 5.75 Å². The number of anilines is 1. The maximum atomic E-state index is 13.1. The molecule has 0 saturated heterocycles. The Morgan fingerprint density at radius 2 is 1.89 bits per heavy atom. The van der Waals surface area contributed by atoms with Crippen LogP contribution in [0.2, 0.25) is 0 Å². The number of carbonyl (C=O) groups excluding carboxylic acids is 2. The van der Waals surface area contributed by atoms with E-state index in [1.54, 1.807) is 25.4 Å². The summed E-state index contributed by atoms with van der Waals surface area (Å²) in [6.45, 7) is 0.266. The van der Waals surface area contributed by atoms with Gasteiger partial charge in [-0.3, -0.25) is 9.59 Å². The molecule has 0 bridgehead atoms. The summed E-state index contributed by atoms with van der Waals surface area (Å²) >= 11 is 1.49. The highest BCUT2D eigenvalue weighted by Gasteiger charge is 2.31. The molecule has 36 heavy (non-hydrogen) atoms. The molecule has 0 radical (unpaired) electrons. The Morgan fingerprint density at radius 3 is 2.72 bits per heavy atom. The van der Waals surface area contributed by atoms with E-state index in [0.29, 0.717) is 6.42 Å². The van der Waals surface area contributed by atoms with Crippen molar-refractivity contribution >= 4 is 38.7 Å². The molecule has 0 atom stereocenters. The number of aromatic nitrogens is 1. The molecule has 0 spiro atoms. The number of fused-ring (bicyclic) bond motifs is 2. The van der Waals surface area contributed by atoms with Crippen LogP contribution in [0.1, 0.15) is 36.2 Å². The van der Waals surface area contributed by atoms with Crippen LogP contribution in [-0.4, -0.2) is 32.3 Å². The maximum Gasteiger partial charge on any atom is 0.257 e. The molecular weight excluding hydrogens is 498 g/mol. The number of amides is 2. The number of nitrogens with one attached hydrogen (secondary N) is 2. The molecule has 0 unspecified atom stereocenters. The van der Waals surface area contributed by atoms with Gasteiger partial charge in [-0.05, 0) is 48.0 Å². The lowest BCUT2D eigenvalue weighted by Gasteiger charge is -2.10. The molecule has 5 rings (SSSR count). The van der Waals surface area contributed by atoms with Crippen molar-refractivity contribution in [1.82, 2.24) is 10.3 Å². The maximum absolute atomic E-state index is 13.1. The van der Waals surface area contributed by atoms with Gasteiger partial charge in [0.25, 0.3) is 11.8 Å². The van der Waals surface area contributed by atoms with Crippen LogP contribution in [0.15, 0.2) is 82.7 Å². The second kappa shape index (κ2) is 9.56. The molecule has 1 aromatic heterocycles. The van der Waals surface area contributed by atoms with Gasteiger partial charge in [0.2, 0.25) is 9.84 Å². The van der Waals surface area contributed by atoms with Gasteiger partial charge in [-0.2, -0.15) is 0 Å². The van der Waals surface area contributed by atoms with Crippen molar-refractivity contribution < 1.29 is 22.7 Å². The number of hydrogen-bond donors (Lipinski definition) is 2. The van der Waals surface area contributed by atoms with E-state index in [2.05, 4.69) is 15.6 Å². The number of benzene rings is 3. The molecule has 0 fully saturated rings. The Hall–Kier alpha value is -4.02. The van der Waals surface area contributed by atoms with Gasteiger partial charge in [0.15, 0.2) is 0 Å². The summed E-state index contributed by atoms with van der Waals surface area (Å²) in [7, 11) is -2.30. The lowest BCUT2D eigenvalue weighted by molar-refractivity contribution is 0.0949. The number of ether oxygens (including phenoxy) is 1. The summed E-state index contributed by atoms with van der Waals surface area (Å²) in [5, 5.41) is 6.36. The molecule has 0 aliphatic carbocycles. The van der Waals surface area contributed by atoms with Crippen molar-refractivity contribution in [3.05, 3.63) is 99.5 Å². The third kappa shape index (κ3) is 4.60. The van der Waals surface area contributed by atoms with E-state index in [1.165, 1.54) is 41.7 Å². The summed E-state index contributed by atoms with van der Waals surface area (Å²) in [5.41, 5.74) is 1.44. The first-order valence-corrected chi connectivity index (χ1v) is 13.3. The van der Waals surface area contributed by atoms with Gasteiger partial charge in [0, 0.05) is 23.1 Å².